The van der Waals surface area contributed by atoms with Crippen molar-refractivity contribution in [3.05, 3.63) is 468 Å². The zero-order valence-electron chi connectivity index (χ0n) is 79.1. The van der Waals surface area contributed by atoms with Crippen molar-refractivity contribution < 1.29 is 58.8 Å². The van der Waals surface area contributed by atoms with Gasteiger partial charge in [-0.2, -0.15) is 10.1 Å². The van der Waals surface area contributed by atoms with E-state index in [1.54, 1.807) is 241 Å². The maximum atomic E-state index is 12.5. The number of amides is 9. The normalized spacial score (nSPS) is 10.1. The standard InChI is InChI=1S/C17H14N2O2.C17H14N2O.C16H11ClN2O2.C13H11ClN2O.C12H11N3O.2C11H10N2O.C7H8N2O2.C7H8N2O/c1-12-6-9-14(10-7-12)19(21)17(20)16-11-8-13-4-2-3-5-15(13)18-16;1-19(14-8-3-2-4-9-14)17(20)16-12-11-13-7-5-6-10-15(13)18-16;17-12-6-8-13(9-7-12)19(21)16(20)15-10-5-11-3-1-2-4-14(11)18-15;1-16(11-7-5-10(14)6-8-11)13(17)12-4-2-3-9-15-12;1-13-12(16)11-7-9(4-6-15-11)10-3-2-5-14-8-10;1-12-11(14)10-6-8-4-2-3-5-9(8)7-13-10;1-12-11(14)10-7-6-8-4-2-3-5-9(8)13-10;1-9(11)7(10)6-4-2-3-5-8-6;1-8-7(10)6-4-2-3-5-9-6/h2-11,21H,1H3;2-12H,1H3;1-10,21H;2-9H,1H3;2-8H,1H3,(H,13,16);2*2-7H,1H3,(H,12,14);2-5,11H,1H3;2-5H,1H3,(H,8,10). The minimum atomic E-state index is -0.594. The van der Waals surface area contributed by atoms with Gasteiger partial charge in [-0.1, -0.05) is 205 Å². The average Bonchev–Trinajstić information content (AvgIpc) is 0.823. The predicted molar refractivity (Wildman–Crippen MR) is 560 cm³/mol. The smallest absolute Gasteiger partial charge is 0.300 e. The first-order chi connectivity index (χ1) is 69.7. The van der Waals surface area contributed by atoms with E-state index in [1.165, 1.54) is 19.3 Å². The molecule has 0 aliphatic heterocycles. The van der Waals surface area contributed by atoms with Gasteiger partial charge in [0.25, 0.3) is 41.4 Å². The summed E-state index contributed by atoms with van der Waals surface area (Å²) in [5.74, 6) is -2.56. The van der Waals surface area contributed by atoms with Gasteiger partial charge in [-0.15, -0.1) is 0 Å². The molecule has 7 N–H and O–H groups in total. The number of halogens is 2. The minimum Gasteiger partial charge on any atom is -0.354 e. The molecule has 144 heavy (non-hydrogen) atoms. The number of fused-ring (bicyclic) bond motifs is 5. The fourth-order valence-corrected chi connectivity index (χ4v) is 13.2. The second-order valence-electron chi connectivity index (χ2n) is 30.5. The summed E-state index contributed by atoms with van der Waals surface area (Å²) in [5.41, 5.74) is 11.7. The Bertz CT molecular complexity index is 7330. The quantitative estimate of drug-likeness (QED) is 0.0393. The van der Waals surface area contributed by atoms with E-state index in [1.807, 2.05) is 207 Å². The van der Waals surface area contributed by atoms with Crippen LogP contribution in [-0.4, -0.2) is 173 Å². The van der Waals surface area contributed by atoms with Crippen LogP contribution in [0, 0.1) is 6.92 Å². The monoisotopic (exact) mass is 1960 g/mol. The highest BCUT2D eigenvalue weighted by Crippen LogP contribution is 2.26. The molecule has 722 valence electrons. The average molecular weight is 1960 g/mol. The highest BCUT2D eigenvalue weighted by molar-refractivity contribution is 6.31. The summed E-state index contributed by atoms with van der Waals surface area (Å²) in [7, 11) is 11.1. The number of para-hydroxylation sites is 5. The van der Waals surface area contributed by atoms with Gasteiger partial charge in [0.15, 0.2) is 0 Å². The summed E-state index contributed by atoms with van der Waals surface area (Å²) in [6, 6.07) is 107. The molecule has 9 aromatic carbocycles. The number of hydroxylamine groups is 4. The van der Waals surface area contributed by atoms with Crippen LogP contribution in [-0.2, 0) is 0 Å². The number of benzene rings is 9. The van der Waals surface area contributed by atoms with Crippen LogP contribution in [0.3, 0.4) is 0 Å². The lowest BCUT2D eigenvalue weighted by Crippen LogP contribution is -2.27. The Morgan fingerprint density at radius 3 is 1.02 bits per heavy atom. The van der Waals surface area contributed by atoms with Crippen molar-refractivity contribution in [2.45, 2.75) is 6.92 Å². The lowest BCUT2D eigenvalue weighted by molar-refractivity contribution is -0.0379. The van der Waals surface area contributed by atoms with E-state index in [4.69, 9.17) is 28.4 Å². The molecular weight excluding hydrogens is 1860 g/mol. The van der Waals surface area contributed by atoms with Crippen LogP contribution >= 0.6 is 23.2 Å². The zero-order valence-corrected chi connectivity index (χ0v) is 80.6. The van der Waals surface area contributed by atoms with Crippen LogP contribution in [0.4, 0.5) is 22.7 Å². The predicted octanol–water partition coefficient (Wildman–Crippen LogP) is 19.7. The number of hydrogen-bond donors (Lipinski definition) is 7. The van der Waals surface area contributed by atoms with Crippen LogP contribution in [0.15, 0.2) is 401 Å². The van der Waals surface area contributed by atoms with Gasteiger partial charge in [0.2, 0.25) is 0 Å². The third-order valence-corrected chi connectivity index (χ3v) is 21.2. The number of carbonyl (C=O) groups excluding carboxylic acids is 9. The summed E-state index contributed by atoms with van der Waals surface area (Å²) < 4.78 is 0. The third-order valence-electron chi connectivity index (χ3n) is 20.7. The van der Waals surface area contributed by atoms with Crippen molar-refractivity contribution in [3.63, 3.8) is 0 Å². The Hall–Kier alpha value is -18.5. The molecule has 10 aromatic heterocycles. The summed E-state index contributed by atoms with van der Waals surface area (Å²) >= 11 is 11.6. The van der Waals surface area contributed by atoms with Crippen molar-refractivity contribution in [1.29, 1.82) is 0 Å². The highest BCUT2D eigenvalue weighted by Gasteiger charge is 2.22. The molecule has 0 radical (unpaired) electrons. The largest absolute Gasteiger partial charge is 0.354 e. The molecule has 0 spiro atoms. The summed E-state index contributed by atoms with van der Waals surface area (Å²) in [4.78, 5) is 149. The molecule has 0 unspecified atom stereocenters. The minimum absolute atomic E-state index is 0.109. The van der Waals surface area contributed by atoms with Gasteiger partial charge in [-0.05, 0) is 200 Å². The fraction of sp³-hybridized carbons (Fsp3) is 0.0721. The molecule has 0 aliphatic rings. The van der Waals surface area contributed by atoms with E-state index in [9.17, 15) is 53.6 Å². The Morgan fingerprint density at radius 1 is 0.257 bits per heavy atom. The lowest BCUT2D eigenvalue weighted by atomic mass is 10.1. The van der Waals surface area contributed by atoms with Crippen LogP contribution in [0.25, 0.3) is 65.5 Å². The van der Waals surface area contributed by atoms with Gasteiger partial charge in [0, 0.05) is 147 Å². The van der Waals surface area contributed by atoms with E-state index < -0.39 is 17.7 Å². The second kappa shape index (κ2) is 54.0. The van der Waals surface area contributed by atoms with Crippen molar-refractivity contribution in [3.8, 4) is 11.1 Å². The number of pyridine rings is 10. The highest BCUT2D eigenvalue weighted by atomic mass is 35.5. The van der Waals surface area contributed by atoms with Crippen molar-refractivity contribution in [2.75, 3.05) is 69.3 Å². The van der Waals surface area contributed by atoms with Gasteiger partial charge in [-0.3, -0.25) is 88.7 Å². The second-order valence-corrected chi connectivity index (χ2v) is 31.4. The maximum absolute atomic E-state index is 12.5. The molecule has 31 nitrogen and oxygen atoms in total. The first kappa shape index (κ1) is 106. The Morgan fingerprint density at radius 2 is 0.597 bits per heavy atom. The van der Waals surface area contributed by atoms with Crippen molar-refractivity contribution >= 4 is 154 Å². The van der Waals surface area contributed by atoms with Gasteiger partial charge in [0.05, 0.1) is 33.4 Å². The summed E-state index contributed by atoms with van der Waals surface area (Å²) in [6.07, 6.45) is 11.5. The number of anilines is 4. The van der Waals surface area contributed by atoms with E-state index in [-0.39, 0.29) is 52.5 Å². The molecule has 33 heteroatoms. The number of aryl methyl sites for hydroxylation is 1. The molecule has 0 atom stereocenters. The molecule has 0 bridgehead atoms. The SMILES string of the molecule is CN(C(=O)c1ccc2ccccc2n1)c1ccccc1.CN(C(=O)c1ccccn1)c1ccc(Cl)cc1.CN(O)C(=O)c1ccccn1.CNC(=O)c1cc(-c2cccnc2)ccn1.CNC(=O)c1cc2ccccc2cn1.CNC(=O)c1ccc2ccccc2n1.CNC(=O)c1ccccn1.Cc1ccc(N(O)C(=O)c2ccc3ccccc3n2)cc1.O=C(c1ccc2ccccc2n1)N(O)c1ccc(Cl)cc1. The van der Waals surface area contributed by atoms with Crippen LogP contribution in [0.1, 0.15) is 100.0 Å². The number of hydrogen-bond acceptors (Lipinski definition) is 22. The molecule has 10 heterocycles. The summed E-state index contributed by atoms with van der Waals surface area (Å²) in [5, 5.41) is 47.8. The number of rotatable bonds is 14. The van der Waals surface area contributed by atoms with E-state index >= 15 is 0 Å². The number of nitrogens with zero attached hydrogens (tertiary/aromatic N) is 15. The van der Waals surface area contributed by atoms with Crippen molar-refractivity contribution in [2.24, 2.45) is 0 Å². The van der Waals surface area contributed by atoms with Gasteiger partial charge in [0.1, 0.15) is 51.2 Å². The molecule has 0 aliphatic carbocycles. The van der Waals surface area contributed by atoms with Crippen LogP contribution < -0.4 is 41.2 Å². The number of carbonyl (C=O) groups is 9. The molecule has 0 fully saturated rings. The van der Waals surface area contributed by atoms with E-state index in [0.29, 0.717) is 76.3 Å². The lowest BCUT2D eigenvalue weighted by Gasteiger charge is -2.16. The van der Waals surface area contributed by atoms with E-state index in [2.05, 4.69) is 71.1 Å². The number of nitrogens with one attached hydrogen (secondary N) is 4. The molecular formula is C111H97Cl2N19O12. The zero-order chi connectivity index (χ0) is 103. The Labute approximate surface area is 838 Å². The van der Waals surface area contributed by atoms with Gasteiger partial charge < -0.3 is 31.1 Å². The first-order valence-electron chi connectivity index (χ1n) is 44.2. The molecule has 19 rings (SSSR count). The molecule has 0 saturated heterocycles. The van der Waals surface area contributed by atoms with Gasteiger partial charge in [-0.25, -0.2) is 25.0 Å². The fourth-order valence-electron chi connectivity index (χ4n) is 13.0. The van der Waals surface area contributed by atoms with Gasteiger partial charge >= 0.3 is 11.8 Å². The first-order valence-corrected chi connectivity index (χ1v) is 45.0. The molecule has 19 aromatic rings. The maximum Gasteiger partial charge on any atom is 0.300 e. The van der Waals surface area contributed by atoms with Crippen molar-refractivity contribution in [1.82, 2.24) is 76.2 Å². The van der Waals surface area contributed by atoms with Crippen LogP contribution in [0.5, 0.6) is 0 Å². The molecule has 9 amide bonds. The van der Waals surface area contributed by atoms with E-state index in [0.717, 1.165) is 76.9 Å². The van der Waals surface area contributed by atoms with Crippen LogP contribution in [0.2, 0.25) is 10.0 Å². The Balaban J connectivity index is 0.000000156. The third kappa shape index (κ3) is 30.7. The Kier molecular flexibility index (Phi) is 39.7. The summed E-state index contributed by atoms with van der Waals surface area (Å²) in [6.45, 7) is 1.94. The number of aromatic nitrogens is 10. The molecule has 0 saturated carbocycles. The topological polar surface area (TPSA) is 408 Å².